The molecule has 0 aliphatic rings. The van der Waals surface area contributed by atoms with Gasteiger partial charge in [0.25, 0.3) is 11.8 Å². The third-order valence-corrected chi connectivity index (χ3v) is 4.73. The molecule has 2 aromatic carbocycles. The molecular weight excluding hydrogens is 494 g/mol. The number of amides is 2. The number of halogens is 1. The fraction of sp³-hybridized carbons (Fsp3) is 0.348. The molecular formula is C23H28BrN3O6. The van der Waals surface area contributed by atoms with E-state index in [2.05, 4.69) is 31.8 Å². The predicted octanol–water partition coefficient (Wildman–Crippen LogP) is 3.53. The molecule has 0 aliphatic carbocycles. The Bertz CT molecular complexity index is 1010. The molecule has 0 unspecified atom stereocenters. The van der Waals surface area contributed by atoms with Gasteiger partial charge in [-0.15, -0.1) is 0 Å². The summed E-state index contributed by atoms with van der Waals surface area (Å²) in [6.07, 6.45) is 1.45. The van der Waals surface area contributed by atoms with Gasteiger partial charge in [0.15, 0.2) is 23.0 Å². The molecule has 10 heteroatoms. The van der Waals surface area contributed by atoms with Gasteiger partial charge in [-0.25, -0.2) is 5.43 Å². The average Bonchev–Trinajstić information content (AvgIpc) is 2.79. The van der Waals surface area contributed by atoms with Gasteiger partial charge < -0.3 is 24.3 Å². The lowest BCUT2D eigenvalue weighted by molar-refractivity contribution is -0.120. The quantitative estimate of drug-likeness (QED) is 0.346. The van der Waals surface area contributed by atoms with Crippen LogP contribution in [0.15, 0.2) is 39.9 Å². The van der Waals surface area contributed by atoms with Crippen molar-refractivity contribution in [1.82, 2.24) is 10.7 Å². The van der Waals surface area contributed by atoms with E-state index in [4.69, 9.17) is 18.9 Å². The predicted molar refractivity (Wildman–Crippen MR) is 129 cm³/mol. The van der Waals surface area contributed by atoms with Crippen molar-refractivity contribution >= 4 is 34.0 Å². The zero-order valence-corrected chi connectivity index (χ0v) is 20.8. The Labute approximate surface area is 201 Å². The summed E-state index contributed by atoms with van der Waals surface area (Å²) < 4.78 is 22.5. The van der Waals surface area contributed by atoms with Gasteiger partial charge in [0, 0.05) is 5.56 Å². The molecule has 2 rings (SSSR count). The molecule has 0 spiro atoms. The number of hydrazone groups is 1. The van der Waals surface area contributed by atoms with Crippen LogP contribution in [0.1, 0.15) is 36.7 Å². The van der Waals surface area contributed by atoms with Crippen molar-refractivity contribution in [3.05, 3.63) is 45.9 Å². The van der Waals surface area contributed by atoms with E-state index in [1.54, 1.807) is 24.3 Å². The third-order valence-electron chi connectivity index (χ3n) is 4.14. The number of methoxy groups -OCH3 is 2. The minimum atomic E-state index is -0.482. The Morgan fingerprint density at radius 1 is 1.09 bits per heavy atom. The highest BCUT2D eigenvalue weighted by Gasteiger charge is 2.14. The van der Waals surface area contributed by atoms with Crippen LogP contribution in [-0.4, -0.2) is 51.5 Å². The fourth-order valence-corrected chi connectivity index (χ4v) is 3.29. The minimum Gasteiger partial charge on any atom is -0.493 e. The van der Waals surface area contributed by atoms with Crippen molar-refractivity contribution in [2.75, 3.05) is 27.4 Å². The van der Waals surface area contributed by atoms with Crippen LogP contribution < -0.4 is 29.7 Å². The lowest BCUT2D eigenvalue weighted by atomic mass is 10.2. The smallest absolute Gasteiger partial charge is 0.259 e. The molecule has 0 bridgehead atoms. The zero-order chi connectivity index (χ0) is 24.4. The van der Waals surface area contributed by atoms with Crippen molar-refractivity contribution in [1.29, 1.82) is 0 Å². The van der Waals surface area contributed by atoms with Gasteiger partial charge in [-0.3, -0.25) is 9.59 Å². The Morgan fingerprint density at radius 3 is 2.45 bits per heavy atom. The molecule has 0 aromatic heterocycles. The number of nitrogens with zero attached hydrogens (tertiary/aromatic N) is 1. The molecule has 2 amide bonds. The largest absolute Gasteiger partial charge is 0.493 e. The monoisotopic (exact) mass is 521 g/mol. The molecule has 0 heterocycles. The van der Waals surface area contributed by atoms with E-state index in [0.717, 1.165) is 0 Å². The molecule has 178 valence electrons. The first-order chi connectivity index (χ1) is 15.8. The molecule has 0 atom stereocenters. The van der Waals surface area contributed by atoms with Crippen LogP contribution in [-0.2, 0) is 4.79 Å². The maximum absolute atomic E-state index is 12.3. The van der Waals surface area contributed by atoms with Crippen LogP contribution in [0.3, 0.4) is 0 Å². The summed E-state index contributed by atoms with van der Waals surface area (Å²) in [6.45, 7) is 5.95. The topological polar surface area (TPSA) is 107 Å². The molecule has 2 N–H and O–H groups in total. The van der Waals surface area contributed by atoms with E-state index in [1.807, 2.05) is 20.8 Å². The van der Waals surface area contributed by atoms with Crippen molar-refractivity contribution in [2.45, 2.75) is 26.9 Å². The number of hydrogen-bond acceptors (Lipinski definition) is 7. The second kappa shape index (κ2) is 12.7. The van der Waals surface area contributed by atoms with Crippen molar-refractivity contribution in [2.24, 2.45) is 5.10 Å². The van der Waals surface area contributed by atoms with Crippen molar-refractivity contribution in [3.63, 3.8) is 0 Å². The molecule has 33 heavy (non-hydrogen) atoms. The lowest BCUT2D eigenvalue weighted by Gasteiger charge is -2.16. The summed E-state index contributed by atoms with van der Waals surface area (Å²) in [4.78, 5) is 24.4. The van der Waals surface area contributed by atoms with E-state index in [-0.39, 0.29) is 12.6 Å². The number of ether oxygens (including phenoxy) is 4. The van der Waals surface area contributed by atoms with E-state index < -0.39 is 11.8 Å². The molecule has 0 radical (unpaired) electrons. The summed E-state index contributed by atoms with van der Waals surface area (Å²) in [7, 11) is 2.98. The van der Waals surface area contributed by atoms with Gasteiger partial charge in [-0.1, -0.05) is 0 Å². The van der Waals surface area contributed by atoms with E-state index in [9.17, 15) is 9.59 Å². The summed E-state index contributed by atoms with van der Waals surface area (Å²) in [5.74, 6) is 1.18. The normalized spacial score (nSPS) is 10.8. The number of carbonyl (C=O) groups is 2. The number of hydrogen-bond donors (Lipinski definition) is 2. The first-order valence-corrected chi connectivity index (χ1v) is 11.0. The first kappa shape index (κ1) is 26.0. The zero-order valence-electron chi connectivity index (χ0n) is 19.2. The SMILES string of the molecule is CCOc1cc(C=NNC(=O)CNC(=O)c2ccc(OC)c(OC)c2)cc(Br)c1OC(C)C. The first-order valence-electron chi connectivity index (χ1n) is 10.2. The van der Waals surface area contributed by atoms with Gasteiger partial charge >= 0.3 is 0 Å². The highest BCUT2D eigenvalue weighted by Crippen LogP contribution is 2.37. The number of rotatable bonds is 11. The summed E-state index contributed by atoms with van der Waals surface area (Å²) in [6, 6.07) is 8.29. The average molecular weight is 522 g/mol. The molecule has 0 aliphatic heterocycles. The van der Waals surface area contributed by atoms with Gasteiger partial charge in [-0.2, -0.15) is 5.10 Å². The van der Waals surface area contributed by atoms with Gasteiger partial charge in [0.2, 0.25) is 0 Å². The maximum atomic E-state index is 12.3. The minimum absolute atomic E-state index is 0.0199. The Kier molecular flexibility index (Phi) is 9.99. The molecule has 2 aromatic rings. The Balaban J connectivity index is 1.96. The van der Waals surface area contributed by atoms with E-state index in [1.165, 1.54) is 26.5 Å². The van der Waals surface area contributed by atoms with Crippen LogP contribution in [0.2, 0.25) is 0 Å². The molecule has 0 saturated heterocycles. The standard InChI is InChI=1S/C23H28BrN3O6/c1-6-32-20-10-15(9-17(24)22(20)33-14(2)3)12-26-27-21(28)13-25-23(29)16-7-8-18(30-4)19(11-16)31-5/h7-12,14H,6,13H2,1-5H3,(H,25,29)(H,27,28). The van der Waals surface area contributed by atoms with Crippen LogP contribution in [0.4, 0.5) is 0 Å². The van der Waals surface area contributed by atoms with Crippen LogP contribution in [0.25, 0.3) is 0 Å². The highest BCUT2D eigenvalue weighted by molar-refractivity contribution is 9.10. The summed E-state index contributed by atoms with van der Waals surface area (Å²) in [5, 5.41) is 6.48. The van der Waals surface area contributed by atoms with Gasteiger partial charge in [0.1, 0.15) is 0 Å². The number of carbonyl (C=O) groups excluding carboxylic acids is 2. The Morgan fingerprint density at radius 2 is 1.82 bits per heavy atom. The van der Waals surface area contributed by atoms with Crippen molar-refractivity contribution < 1.29 is 28.5 Å². The molecule has 0 fully saturated rings. The molecule has 0 saturated carbocycles. The highest BCUT2D eigenvalue weighted by atomic mass is 79.9. The third kappa shape index (κ3) is 7.67. The number of nitrogens with one attached hydrogen (secondary N) is 2. The summed E-state index contributed by atoms with van der Waals surface area (Å²) >= 11 is 3.48. The van der Waals surface area contributed by atoms with Crippen LogP contribution in [0, 0.1) is 0 Å². The summed E-state index contributed by atoms with van der Waals surface area (Å²) in [5.41, 5.74) is 3.41. The van der Waals surface area contributed by atoms with E-state index in [0.29, 0.717) is 45.2 Å². The number of benzene rings is 2. The fourth-order valence-electron chi connectivity index (χ4n) is 2.73. The second-order valence-electron chi connectivity index (χ2n) is 6.98. The van der Waals surface area contributed by atoms with Gasteiger partial charge in [0.05, 0.1) is 44.2 Å². The van der Waals surface area contributed by atoms with Crippen molar-refractivity contribution in [3.8, 4) is 23.0 Å². The second-order valence-corrected chi connectivity index (χ2v) is 7.83. The molecule has 9 nitrogen and oxygen atoms in total. The Hall–Kier alpha value is -3.27. The van der Waals surface area contributed by atoms with E-state index >= 15 is 0 Å². The van der Waals surface area contributed by atoms with Crippen LogP contribution in [0.5, 0.6) is 23.0 Å². The van der Waals surface area contributed by atoms with Gasteiger partial charge in [-0.05, 0) is 72.6 Å². The lowest BCUT2D eigenvalue weighted by Crippen LogP contribution is -2.34. The maximum Gasteiger partial charge on any atom is 0.259 e. The van der Waals surface area contributed by atoms with Crippen LogP contribution >= 0.6 is 15.9 Å².